The van der Waals surface area contributed by atoms with Gasteiger partial charge in [0.05, 0.1) is 0 Å². The number of esters is 3. The van der Waals surface area contributed by atoms with Crippen molar-refractivity contribution in [1.82, 2.24) is 0 Å². The summed E-state index contributed by atoms with van der Waals surface area (Å²) in [5.41, 5.74) is 0. The first-order chi connectivity index (χ1) is 40.0. The van der Waals surface area contributed by atoms with Crippen molar-refractivity contribution in [2.24, 2.45) is 0 Å². The second-order valence-corrected chi connectivity index (χ2v) is 22.7. The van der Waals surface area contributed by atoms with E-state index in [4.69, 9.17) is 14.2 Å². The fourth-order valence-corrected chi connectivity index (χ4v) is 9.66. The van der Waals surface area contributed by atoms with E-state index in [-0.39, 0.29) is 31.1 Å². The van der Waals surface area contributed by atoms with E-state index in [1.807, 2.05) is 0 Å². The summed E-state index contributed by atoms with van der Waals surface area (Å²) in [5, 5.41) is 0. The Morgan fingerprint density at radius 1 is 0.259 bits per heavy atom. The number of carbonyl (C=O) groups excluding carboxylic acids is 3. The molecule has 1 atom stereocenters. The van der Waals surface area contributed by atoms with Crippen molar-refractivity contribution in [3.63, 3.8) is 0 Å². The van der Waals surface area contributed by atoms with Gasteiger partial charge in [0.2, 0.25) is 0 Å². The van der Waals surface area contributed by atoms with Crippen LogP contribution in [0.3, 0.4) is 0 Å². The molecule has 0 fully saturated rings. The Kier molecular flexibility index (Phi) is 65.2. The Morgan fingerprint density at radius 2 is 0.481 bits per heavy atom. The molecule has 0 aromatic carbocycles. The van der Waals surface area contributed by atoms with Gasteiger partial charge in [0.15, 0.2) is 6.10 Å². The Morgan fingerprint density at radius 3 is 0.765 bits per heavy atom. The SMILES string of the molecule is CC/C=C\C/C=C\C/C=C\C/C=C\C/C=C\CCCCCCCCCCCCCCCCCCCC(=O)OCC(COC(=O)CCCCCCC/C=C\CCCCCCCC)OC(=O)CCCCCCC/C=C\C/C=C\C/C=C\CC. The number of rotatable bonds is 62. The molecule has 0 spiro atoms. The zero-order valence-electron chi connectivity index (χ0n) is 53.3. The highest BCUT2D eigenvalue weighted by molar-refractivity contribution is 5.71. The van der Waals surface area contributed by atoms with Crippen LogP contribution >= 0.6 is 0 Å². The summed E-state index contributed by atoms with van der Waals surface area (Å²) in [5.74, 6) is -0.899. The van der Waals surface area contributed by atoms with Crippen molar-refractivity contribution in [3.8, 4) is 0 Å². The van der Waals surface area contributed by atoms with Crippen LogP contribution in [0.15, 0.2) is 109 Å². The lowest BCUT2D eigenvalue weighted by Gasteiger charge is -2.18. The zero-order valence-corrected chi connectivity index (χ0v) is 53.3. The van der Waals surface area contributed by atoms with Crippen LogP contribution in [0.1, 0.15) is 329 Å². The fourth-order valence-electron chi connectivity index (χ4n) is 9.66. The smallest absolute Gasteiger partial charge is 0.306 e. The first-order valence-corrected chi connectivity index (χ1v) is 34.4. The van der Waals surface area contributed by atoms with E-state index in [9.17, 15) is 14.4 Å². The van der Waals surface area contributed by atoms with Crippen LogP contribution in [0.4, 0.5) is 0 Å². The van der Waals surface area contributed by atoms with Crippen molar-refractivity contribution >= 4 is 17.9 Å². The summed E-state index contributed by atoms with van der Waals surface area (Å²) in [4.78, 5) is 38.3. The lowest BCUT2D eigenvalue weighted by molar-refractivity contribution is -0.167. The molecule has 0 saturated carbocycles. The van der Waals surface area contributed by atoms with Gasteiger partial charge in [0.1, 0.15) is 13.2 Å². The van der Waals surface area contributed by atoms with Crippen molar-refractivity contribution in [2.45, 2.75) is 335 Å². The monoisotopic (exact) mass is 1120 g/mol. The highest BCUT2D eigenvalue weighted by atomic mass is 16.6. The molecule has 1 unspecified atom stereocenters. The van der Waals surface area contributed by atoms with Gasteiger partial charge in [-0.1, -0.05) is 297 Å². The molecule has 0 aliphatic heterocycles. The summed E-state index contributed by atoms with van der Waals surface area (Å²) in [6, 6.07) is 0. The third-order valence-corrected chi connectivity index (χ3v) is 14.7. The van der Waals surface area contributed by atoms with Gasteiger partial charge in [-0.25, -0.2) is 0 Å². The molecule has 6 nitrogen and oxygen atoms in total. The topological polar surface area (TPSA) is 78.9 Å². The van der Waals surface area contributed by atoms with E-state index in [1.165, 1.54) is 154 Å². The Labute approximate surface area is 501 Å². The molecule has 464 valence electrons. The number of carbonyl (C=O) groups is 3. The van der Waals surface area contributed by atoms with Crippen LogP contribution in [0.25, 0.3) is 0 Å². The molecule has 6 heteroatoms. The lowest BCUT2D eigenvalue weighted by Crippen LogP contribution is -2.30. The second-order valence-electron chi connectivity index (χ2n) is 22.7. The maximum absolute atomic E-state index is 12.9. The number of unbranched alkanes of at least 4 members (excludes halogenated alkanes) is 33. The minimum Gasteiger partial charge on any atom is -0.462 e. The number of ether oxygens (including phenoxy) is 3. The molecular formula is C75H128O6. The molecule has 0 aliphatic rings. The first kappa shape index (κ1) is 77.1. The molecule has 0 aromatic rings. The summed E-state index contributed by atoms with van der Waals surface area (Å²) >= 11 is 0. The standard InChI is InChI=1S/C75H128O6/c1-4-7-10-13-16-19-22-25-28-29-30-31-32-33-34-35-36-37-38-39-40-41-42-43-44-45-48-50-53-56-59-62-65-68-74(77)80-71-72(81-75(78)69-66-63-60-57-54-51-47-27-24-21-18-15-12-9-6-3)70-79-73(76)67-64-61-58-55-52-49-46-26-23-20-17-14-11-8-5-2/h7,9-10,12,16,18-19,21,25-28,30-31,33-34,46-47,72H,4-6,8,11,13-15,17,20,22-24,29,32,35-45,48-71H2,1-3H3/b10-7-,12-9-,19-16-,21-18-,28-25-,31-30-,34-33-,46-26-,47-27-. The van der Waals surface area contributed by atoms with E-state index < -0.39 is 6.10 Å². The maximum Gasteiger partial charge on any atom is 0.306 e. The van der Waals surface area contributed by atoms with Gasteiger partial charge in [-0.2, -0.15) is 0 Å². The summed E-state index contributed by atoms with van der Waals surface area (Å²) in [6.07, 6.45) is 94.0. The third-order valence-electron chi connectivity index (χ3n) is 14.7. The van der Waals surface area contributed by atoms with Crippen LogP contribution in [0.2, 0.25) is 0 Å². The van der Waals surface area contributed by atoms with E-state index in [0.29, 0.717) is 19.3 Å². The Balaban J connectivity index is 4.19. The van der Waals surface area contributed by atoms with E-state index in [1.54, 1.807) is 0 Å². The number of hydrogen-bond acceptors (Lipinski definition) is 6. The highest BCUT2D eigenvalue weighted by Gasteiger charge is 2.19. The van der Waals surface area contributed by atoms with E-state index in [0.717, 1.165) is 135 Å². The fraction of sp³-hybridized carbons (Fsp3) is 0.720. The first-order valence-electron chi connectivity index (χ1n) is 34.4. The maximum atomic E-state index is 12.9. The summed E-state index contributed by atoms with van der Waals surface area (Å²) in [6.45, 7) is 6.42. The molecule has 0 heterocycles. The molecule has 0 radical (unpaired) electrons. The zero-order chi connectivity index (χ0) is 58.5. The van der Waals surface area contributed by atoms with Crippen molar-refractivity contribution < 1.29 is 28.6 Å². The van der Waals surface area contributed by atoms with Crippen molar-refractivity contribution in [1.29, 1.82) is 0 Å². The second kappa shape index (κ2) is 68.6. The molecule has 0 bridgehead atoms. The predicted octanol–water partition coefficient (Wildman–Crippen LogP) is 23.8. The van der Waals surface area contributed by atoms with Crippen LogP contribution in [-0.4, -0.2) is 37.2 Å². The van der Waals surface area contributed by atoms with Crippen molar-refractivity contribution in [3.05, 3.63) is 109 Å². The lowest BCUT2D eigenvalue weighted by atomic mass is 10.0. The normalized spacial score (nSPS) is 12.8. The van der Waals surface area contributed by atoms with E-state index >= 15 is 0 Å². The van der Waals surface area contributed by atoms with Gasteiger partial charge >= 0.3 is 17.9 Å². The molecule has 81 heavy (non-hydrogen) atoms. The molecule has 0 rings (SSSR count). The van der Waals surface area contributed by atoms with Crippen LogP contribution < -0.4 is 0 Å². The van der Waals surface area contributed by atoms with Gasteiger partial charge in [-0.15, -0.1) is 0 Å². The minimum absolute atomic E-state index is 0.0854. The third kappa shape index (κ3) is 66.8. The average molecular weight is 1130 g/mol. The molecule has 0 aromatic heterocycles. The Bertz CT molecular complexity index is 1620. The van der Waals surface area contributed by atoms with E-state index in [2.05, 4.69) is 130 Å². The van der Waals surface area contributed by atoms with Crippen LogP contribution in [0.5, 0.6) is 0 Å². The number of allylic oxidation sites excluding steroid dienone is 18. The largest absolute Gasteiger partial charge is 0.462 e. The molecule has 0 N–H and O–H groups in total. The summed E-state index contributed by atoms with van der Waals surface area (Å²) in [7, 11) is 0. The quantitative estimate of drug-likeness (QED) is 0.0261. The average Bonchev–Trinajstić information content (AvgIpc) is 3.47. The van der Waals surface area contributed by atoms with Crippen molar-refractivity contribution in [2.75, 3.05) is 13.2 Å². The highest BCUT2D eigenvalue weighted by Crippen LogP contribution is 2.17. The molecule has 0 amide bonds. The van der Waals surface area contributed by atoms with Gasteiger partial charge in [0.25, 0.3) is 0 Å². The van der Waals surface area contributed by atoms with Gasteiger partial charge in [-0.3, -0.25) is 14.4 Å². The molecular weight excluding hydrogens is 997 g/mol. The van der Waals surface area contributed by atoms with Gasteiger partial charge in [0, 0.05) is 19.3 Å². The van der Waals surface area contributed by atoms with Gasteiger partial charge < -0.3 is 14.2 Å². The number of hydrogen-bond donors (Lipinski definition) is 0. The molecule has 0 aliphatic carbocycles. The Hall–Kier alpha value is -3.93. The summed E-state index contributed by atoms with van der Waals surface area (Å²) < 4.78 is 16.9. The minimum atomic E-state index is -0.791. The van der Waals surface area contributed by atoms with Crippen LogP contribution in [-0.2, 0) is 28.6 Å². The molecule has 0 saturated heterocycles. The van der Waals surface area contributed by atoms with Gasteiger partial charge in [-0.05, 0) is 122 Å². The predicted molar refractivity (Wildman–Crippen MR) is 353 cm³/mol. The van der Waals surface area contributed by atoms with Crippen LogP contribution in [0, 0.1) is 0 Å².